The number of halogens is 1. The minimum atomic E-state index is -1.86. The van der Waals surface area contributed by atoms with E-state index >= 15 is 0 Å². The third-order valence-electron chi connectivity index (χ3n) is 10.1. The van der Waals surface area contributed by atoms with Crippen LogP contribution < -0.4 is 10.2 Å². The molecule has 2 saturated heterocycles. The summed E-state index contributed by atoms with van der Waals surface area (Å²) in [5.74, 6) is -2.70. The van der Waals surface area contributed by atoms with Crippen molar-refractivity contribution < 1.29 is 48.7 Å². The number of thiol groups is 1. The zero-order valence-electron chi connectivity index (χ0n) is 29.2. The lowest BCUT2D eigenvalue weighted by molar-refractivity contribution is -0.161. The Morgan fingerprint density at radius 2 is 1.98 bits per heavy atom. The number of rotatable bonds is 7. The van der Waals surface area contributed by atoms with Gasteiger partial charge in [-0.2, -0.15) is 12.6 Å². The van der Waals surface area contributed by atoms with Crippen LogP contribution in [0.2, 0.25) is 5.02 Å². The molecule has 0 spiro atoms. The standard InChI is InChI=1S/C35H48ClN3O10S/c1-19-8-7-9-24(18-41)35(46)16-26(47-33(45)37-35)20(2)31-34(4,49-31)27(48-32(44)21(3)38(5)28(42)10-11-50)15-29(43)39(6)25-14-22(12-19)13-23(17-40)30(25)36/h7-9,13-14,20-21,24,26-27,31,40-41,46,50H,10-12,15-18H2,1-6H3,(H,37,45)/b9-7+,19-8+/t20-,21+,24+,26+,27+,31?,34+,35+/m1/s1. The van der Waals surface area contributed by atoms with E-state index in [4.69, 9.17) is 25.8 Å². The second-order valence-corrected chi connectivity index (χ2v) is 14.5. The van der Waals surface area contributed by atoms with Gasteiger partial charge in [-0.25, -0.2) is 9.59 Å². The summed E-state index contributed by atoms with van der Waals surface area (Å²) in [5, 5.41) is 34.7. The van der Waals surface area contributed by atoms with Crippen LogP contribution in [0.3, 0.4) is 0 Å². The highest BCUT2D eigenvalue weighted by molar-refractivity contribution is 7.80. The Hall–Kier alpha value is -3.14. The van der Waals surface area contributed by atoms with Crippen molar-refractivity contribution in [2.75, 3.05) is 31.4 Å². The third kappa shape index (κ3) is 8.48. The number of hydrogen-bond acceptors (Lipinski definition) is 11. The molecular weight excluding hydrogens is 690 g/mol. The van der Waals surface area contributed by atoms with Gasteiger partial charge in [0, 0.05) is 38.8 Å². The first-order valence-electron chi connectivity index (χ1n) is 16.6. The van der Waals surface area contributed by atoms with Gasteiger partial charge >= 0.3 is 12.1 Å². The van der Waals surface area contributed by atoms with Gasteiger partial charge in [0.05, 0.1) is 36.4 Å². The Bertz CT molecular complexity index is 1540. The Kier molecular flexibility index (Phi) is 12.7. The number of esters is 1. The van der Waals surface area contributed by atoms with E-state index in [1.165, 1.54) is 30.8 Å². The van der Waals surface area contributed by atoms with Crippen LogP contribution in [0.25, 0.3) is 0 Å². The molecule has 4 bridgehead atoms. The van der Waals surface area contributed by atoms with Crippen LogP contribution in [0.1, 0.15) is 58.1 Å². The van der Waals surface area contributed by atoms with Gasteiger partial charge in [-0.15, -0.1) is 0 Å². The molecule has 0 radical (unpaired) electrons. The number of epoxide rings is 1. The fourth-order valence-electron chi connectivity index (χ4n) is 6.58. The minimum absolute atomic E-state index is 0.0937. The number of likely N-dealkylation sites (N-methyl/N-ethyl adjacent to an activating group) is 1. The van der Waals surface area contributed by atoms with E-state index in [1.807, 2.05) is 6.92 Å². The molecule has 3 aliphatic rings. The van der Waals surface area contributed by atoms with E-state index in [0.717, 1.165) is 11.1 Å². The number of benzene rings is 1. The van der Waals surface area contributed by atoms with Crippen molar-refractivity contribution in [3.8, 4) is 0 Å². The number of aliphatic hydroxyl groups excluding tert-OH is 2. The fourth-order valence-corrected chi connectivity index (χ4v) is 7.07. The van der Waals surface area contributed by atoms with Gasteiger partial charge in [-0.05, 0) is 50.1 Å². The van der Waals surface area contributed by atoms with E-state index in [1.54, 1.807) is 44.2 Å². The molecule has 15 heteroatoms. The summed E-state index contributed by atoms with van der Waals surface area (Å²) in [5.41, 5.74) is -0.716. The molecule has 3 aliphatic heterocycles. The van der Waals surface area contributed by atoms with E-state index in [0.29, 0.717) is 23.4 Å². The van der Waals surface area contributed by atoms with Gasteiger partial charge in [0.15, 0.2) is 5.72 Å². The Morgan fingerprint density at radius 1 is 1.28 bits per heavy atom. The second-order valence-electron chi connectivity index (χ2n) is 13.6. The van der Waals surface area contributed by atoms with Crippen molar-refractivity contribution in [2.24, 2.45) is 11.8 Å². The molecule has 4 N–H and O–H groups in total. The first kappa shape index (κ1) is 39.6. The normalized spacial score (nSPS) is 32.4. The summed E-state index contributed by atoms with van der Waals surface area (Å²) >= 11 is 10.8. The van der Waals surface area contributed by atoms with Crippen LogP contribution in [0.4, 0.5) is 10.5 Å². The maximum Gasteiger partial charge on any atom is 0.409 e. The summed E-state index contributed by atoms with van der Waals surface area (Å²) in [7, 11) is 3.02. The highest BCUT2D eigenvalue weighted by Gasteiger charge is 2.64. The summed E-state index contributed by atoms with van der Waals surface area (Å²) in [6.07, 6.45) is 1.58. The monoisotopic (exact) mass is 737 g/mol. The van der Waals surface area contributed by atoms with E-state index in [9.17, 15) is 34.5 Å². The summed E-state index contributed by atoms with van der Waals surface area (Å²) in [6.45, 7) is 5.99. The smallest absolute Gasteiger partial charge is 0.409 e. The van der Waals surface area contributed by atoms with Crippen LogP contribution in [0, 0.1) is 11.8 Å². The molecule has 0 aliphatic carbocycles. The van der Waals surface area contributed by atoms with Crippen LogP contribution in [-0.4, -0.2) is 106 Å². The number of ether oxygens (including phenoxy) is 3. The maximum atomic E-state index is 14.0. The van der Waals surface area contributed by atoms with Gasteiger partial charge in [0.1, 0.15) is 23.9 Å². The molecule has 3 amide bonds. The molecule has 1 aromatic rings. The Morgan fingerprint density at radius 3 is 2.62 bits per heavy atom. The third-order valence-corrected chi connectivity index (χ3v) is 10.7. The van der Waals surface area contributed by atoms with Crippen molar-refractivity contribution in [3.05, 3.63) is 52.1 Å². The van der Waals surface area contributed by atoms with Crippen LogP contribution >= 0.6 is 24.2 Å². The van der Waals surface area contributed by atoms with Crippen molar-refractivity contribution in [2.45, 2.75) is 95.7 Å². The number of nitrogens with zero attached hydrogens (tertiary/aromatic N) is 2. The molecule has 276 valence electrons. The lowest BCUT2D eigenvalue weighted by atomic mass is 9.81. The second kappa shape index (κ2) is 16.0. The molecule has 13 nitrogen and oxygen atoms in total. The largest absolute Gasteiger partial charge is 0.457 e. The highest BCUT2D eigenvalue weighted by Crippen LogP contribution is 2.49. The molecular formula is C35H48ClN3O10S. The number of fused-ring (bicyclic) bond motifs is 5. The van der Waals surface area contributed by atoms with Crippen molar-refractivity contribution in [1.82, 2.24) is 10.2 Å². The van der Waals surface area contributed by atoms with Crippen LogP contribution in [0.15, 0.2) is 35.9 Å². The number of carbonyl (C=O) groups excluding carboxylic acids is 4. The maximum absolute atomic E-state index is 14.0. The number of allylic oxidation sites excluding steroid dienone is 3. The fraction of sp³-hybridized carbons (Fsp3) is 0.600. The molecule has 4 rings (SSSR count). The highest BCUT2D eigenvalue weighted by atomic mass is 35.5. The summed E-state index contributed by atoms with van der Waals surface area (Å²) in [4.78, 5) is 55.4. The van der Waals surface area contributed by atoms with Gasteiger partial charge in [0.25, 0.3) is 0 Å². The molecule has 0 aromatic heterocycles. The van der Waals surface area contributed by atoms with E-state index in [-0.39, 0.29) is 36.8 Å². The molecule has 8 atom stereocenters. The zero-order chi connectivity index (χ0) is 37.1. The Balaban J connectivity index is 1.78. The van der Waals surface area contributed by atoms with Crippen molar-refractivity contribution in [1.29, 1.82) is 0 Å². The van der Waals surface area contributed by atoms with Gasteiger partial charge < -0.3 is 39.3 Å². The van der Waals surface area contributed by atoms with Gasteiger partial charge in [0.2, 0.25) is 11.8 Å². The van der Waals surface area contributed by atoms with E-state index < -0.39 is 72.1 Å². The van der Waals surface area contributed by atoms with E-state index in [2.05, 4.69) is 17.9 Å². The average Bonchev–Trinajstić information content (AvgIpc) is 3.76. The number of anilines is 1. The number of amides is 3. The quantitative estimate of drug-likeness (QED) is 0.159. The predicted molar refractivity (Wildman–Crippen MR) is 189 cm³/mol. The van der Waals surface area contributed by atoms with Crippen LogP contribution in [-0.2, 0) is 41.6 Å². The van der Waals surface area contributed by atoms with Crippen LogP contribution in [0.5, 0.6) is 0 Å². The number of alkyl carbamates (subject to hydrolysis) is 1. The molecule has 1 aromatic carbocycles. The zero-order valence-corrected chi connectivity index (χ0v) is 30.9. The Labute approximate surface area is 303 Å². The molecule has 2 fully saturated rings. The number of hydrogen-bond donors (Lipinski definition) is 5. The first-order chi connectivity index (χ1) is 23.5. The molecule has 3 heterocycles. The summed E-state index contributed by atoms with van der Waals surface area (Å²) < 4.78 is 17.8. The molecule has 50 heavy (non-hydrogen) atoms. The van der Waals surface area contributed by atoms with Crippen molar-refractivity contribution >= 4 is 53.8 Å². The topological polar surface area (TPSA) is 178 Å². The number of nitrogens with one attached hydrogen (secondary N) is 1. The molecule has 0 saturated carbocycles. The van der Waals surface area contributed by atoms with Gasteiger partial charge in [-0.1, -0.05) is 48.4 Å². The lowest BCUT2D eigenvalue weighted by Crippen LogP contribution is -2.62. The first-order valence-corrected chi connectivity index (χ1v) is 17.6. The SMILES string of the molecule is C/C1=C\C=C\[C@@H](CO)[C@@]2(O)C[C@H](OC(=O)N2)[C@@H](C)C2O[C@@]2(C)[C@@H](OC(=O)[C@H](C)N(C)C(=O)CCS)CC(=O)N(C)c2cc(cc(CO)c2Cl)C1. The number of carbonyl (C=O) groups is 4. The predicted octanol–water partition coefficient (Wildman–Crippen LogP) is 2.91. The number of aliphatic hydroxyl groups is 3. The molecule has 1 unspecified atom stereocenters. The van der Waals surface area contributed by atoms with Crippen molar-refractivity contribution in [3.63, 3.8) is 0 Å². The minimum Gasteiger partial charge on any atom is -0.457 e. The van der Waals surface area contributed by atoms with Gasteiger partial charge in [-0.3, -0.25) is 14.9 Å². The average molecular weight is 738 g/mol. The lowest BCUT2D eigenvalue weighted by Gasteiger charge is -2.42. The summed E-state index contributed by atoms with van der Waals surface area (Å²) in [6, 6.07) is 2.49.